The second-order valence-corrected chi connectivity index (χ2v) is 4.10. The topological polar surface area (TPSA) is 81.4 Å². The summed E-state index contributed by atoms with van der Waals surface area (Å²) in [7, 11) is 1.29. The molecule has 0 aliphatic carbocycles. The zero-order valence-corrected chi connectivity index (χ0v) is 10.7. The van der Waals surface area contributed by atoms with Gasteiger partial charge in [-0.1, -0.05) is 23.7 Å². The van der Waals surface area contributed by atoms with E-state index in [0.717, 1.165) is 5.56 Å². The number of carbonyl (C=O) groups excluding carboxylic acids is 2. The highest BCUT2D eigenvalue weighted by molar-refractivity contribution is 6.30. The zero-order chi connectivity index (χ0) is 13.5. The molecule has 0 aliphatic heterocycles. The molecule has 1 amide bonds. The maximum absolute atomic E-state index is 11.3. The Morgan fingerprint density at radius 1 is 1.50 bits per heavy atom. The van der Waals surface area contributed by atoms with Crippen molar-refractivity contribution in [1.82, 2.24) is 5.32 Å². The van der Waals surface area contributed by atoms with Gasteiger partial charge in [0.2, 0.25) is 5.91 Å². The molecule has 1 atom stereocenters. The van der Waals surface area contributed by atoms with E-state index in [2.05, 4.69) is 10.1 Å². The van der Waals surface area contributed by atoms with Crippen molar-refractivity contribution in [2.75, 3.05) is 13.7 Å². The number of amides is 1. The summed E-state index contributed by atoms with van der Waals surface area (Å²) in [4.78, 5) is 22.6. The smallest absolute Gasteiger partial charge is 0.307 e. The molecule has 1 aromatic carbocycles. The molecule has 6 heteroatoms. The van der Waals surface area contributed by atoms with E-state index in [4.69, 9.17) is 17.3 Å². The normalized spacial score (nSPS) is 11.7. The van der Waals surface area contributed by atoms with Crippen molar-refractivity contribution in [3.63, 3.8) is 0 Å². The van der Waals surface area contributed by atoms with Crippen LogP contribution in [0.3, 0.4) is 0 Å². The Labute approximate surface area is 110 Å². The average molecular weight is 271 g/mol. The molecule has 1 aromatic rings. The predicted octanol–water partition coefficient (Wildman–Crippen LogP) is 1.02. The second-order valence-electron chi connectivity index (χ2n) is 3.66. The number of carbonyl (C=O) groups is 2. The summed E-state index contributed by atoms with van der Waals surface area (Å²) < 4.78 is 4.59. The van der Waals surface area contributed by atoms with Crippen LogP contribution in [0.15, 0.2) is 24.3 Å². The van der Waals surface area contributed by atoms with Crippen LogP contribution in [0.2, 0.25) is 5.02 Å². The fraction of sp³-hybridized carbons (Fsp3) is 0.333. The lowest BCUT2D eigenvalue weighted by atomic mass is 10.0. The lowest BCUT2D eigenvalue weighted by molar-refractivity contribution is -0.141. The van der Waals surface area contributed by atoms with E-state index >= 15 is 0 Å². The number of benzene rings is 1. The summed E-state index contributed by atoms with van der Waals surface area (Å²) >= 11 is 5.88. The Balaban J connectivity index is 2.88. The van der Waals surface area contributed by atoms with Crippen LogP contribution >= 0.6 is 11.6 Å². The van der Waals surface area contributed by atoms with Gasteiger partial charge in [-0.15, -0.1) is 0 Å². The number of ether oxygens (including phenoxy) is 1. The molecular formula is C12H15ClN2O3. The Morgan fingerprint density at radius 2 is 2.22 bits per heavy atom. The fourth-order valence-electron chi connectivity index (χ4n) is 1.48. The lowest BCUT2D eigenvalue weighted by Crippen LogP contribution is -2.35. The number of halogens is 1. The number of rotatable bonds is 5. The highest BCUT2D eigenvalue weighted by Gasteiger charge is 2.18. The minimum atomic E-state index is -0.493. The first-order valence-electron chi connectivity index (χ1n) is 5.38. The van der Waals surface area contributed by atoms with E-state index in [1.807, 2.05) is 0 Å². The number of methoxy groups -OCH3 is 1. The first kappa shape index (κ1) is 14.5. The van der Waals surface area contributed by atoms with Crippen LogP contribution in [0.1, 0.15) is 18.0 Å². The summed E-state index contributed by atoms with van der Waals surface area (Å²) in [6.45, 7) is -0.141. The van der Waals surface area contributed by atoms with Crippen molar-refractivity contribution in [3.8, 4) is 0 Å². The SMILES string of the molecule is COC(=O)C[C@H](NC(=O)CN)c1cccc(Cl)c1. The van der Waals surface area contributed by atoms with Crippen molar-refractivity contribution >= 4 is 23.5 Å². The van der Waals surface area contributed by atoms with Crippen LogP contribution < -0.4 is 11.1 Å². The van der Waals surface area contributed by atoms with Crippen molar-refractivity contribution in [2.24, 2.45) is 5.73 Å². The molecule has 3 N–H and O–H groups in total. The van der Waals surface area contributed by atoms with Gasteiger partial charge in [0.25, 0.3) is 0 Å². The Hall–Kier alpha value is -1.59. The van der Waals surface area contributed by atoms with Crippen LogP contribution in [-0.4, -0.2) is 25.5 Å². The molecule has 0 bridgehead atoms. The van der Waals surface area contributed by atoms with Gasteiger partial charge < -0.3 is 15.8 Å². The molecule has 0 radical (unpaired) electrons. The molecule has 0 spiro atoms. The molecule has 0 saturated carbocycles. The standard InChI is InChI=1S/C12H15ClN2O3/c1-18-12(17)6-10(15-11(16)7-14)8-3-2-4-9(13)5-8/h2-5,10H,6-7,14H2,1H3,(H,15,16)/t10-/m0/s1. The van der Waals surface area contributed by atoms with Crippen molar-refractivity contribution in [2.45, 2.75) is 12.5 Å². The molecule has 0 saturated heterocycles. The van der Waals surface area contributed by atoms with E-state index in [1.54, 1.807) is 24.3 Å². The van der Waals surface area contributed by atoms with Crippen molar-refractivity contribution in [3.05, 3.63) is 34.9 Å². The Morgan fingerprint density at radius 3 is 2.78 bits per heavy atom. The van der Waals surface area contributed by atoms with Gasteiger partial charge in [0, 0.05) is 5.02 Å². The first-order chi connectivity index (χ1) is 8.56. The van der Waals surface area contributed by atoms with Gasteiger partial charge >= 0.3 is 5.97 Å². The second kappa shape index (κ2) is 6.98. The summed E-state index contributed by atoms with van der Waals surface area (Å²) in [6.07, 6.45) is 0.0303. The van der Waals surface area contributed by atoms with Crippen LogP contribution in [0, 0.1) is 0 Å². The van der Waals surface area contributed by atoms with Crippen LogP contribution in [0.5, 0.6) is 0 Å². The molecule has 5 nitrogen and oxygen atoms in total. The van der Waals surface area contributed by atoms with Gasteiger partial charge in [-0.2, -0.15) is 0 Å². The van der Waals surface area contributed by atoms with Crippen LogP contribution in [0.25, 0.3) is 0 Å². The van der Waals surface area contributed by atoms with Gasteiger partial charge in [0.15, 0.2) is 0 Å². The predicted molar refractivity (Wildman–Crippen MR) is 68.0 cm³/mol. The molecular weight excluding hydrogens is 256 g/mol. The highest BCUT2D eigenvalue weighted by atomic mass is 35.5. The molecule has 1 rings (SSSR count). The fourth-order valence-corrected chi connectivity index (χ4v) is 1.68. The molecule has 18 heavy (non-hydrogen) atoms. The minimum absolute atomic E-state index is 0.0303. The summed E-state index contributed by atoms with van der Waals surface area (Å²) in [5, 5.41) is 3.18. The average Bonchev–Trinajstić information content (AvgIpc) is 2.37. The van der Waals surface area contributed by atoms with E-state index in [0.29, 0.717) is 5.02 Å². The molecule has 0 fully saturated rings. The Kier molecular flexibility index (Phi) is 5.61. The van der Waals surface area contributed by atoms with Crippen molar-refractivity contribution in [1.29, 1.82) is 0 Å². The lowest BCUT2D eigenvalue weighted by Gasteiger charge is -2.18. The van der Waals surface area contributed by atoms with E-state index in [1.165, 1.54) is 7.11 Å². The quantitative estimate of drug-likeness (QED) is 0.783. The highest BCUT2D eigenvalue weighted by Crippen LogP contribution is 2.20. The van der Waals surface area contributed by atoms with Gasteiger partial charge in [-0.05, 0) is 17.7 Å². The number of esters is 1. The van der Waals surface area contributed by atoms with Gasteiger partial charge in [0.05, 0.1) is 26.1 Å². The van der Waals surface area contributed by atoms with Gasteiger partial charge in [-0.3, -0.25) is 9.59 Å². The summed E-state index contributed by atoms with van der Waals surface area (Å²) in [5.41, 5.74) is 5.97. The van der Waals surface area contributed by atoms with Gasteiger partial charge in [-0.25, -0.2) is 0 Å². The first-order valence-corrected chi connectivity index (χ1v) is 5.76. The van der Waals surface area contributed by atoms with E-state index in [9.17, 15) is 9.59 Å². The zero-order valence-electron chi connectivity index (χ0n) is 9.98. The monoisotopic (exact) mass is 270 g/mol. The third-order valence-corrected chi connectivity index (χ3v) is 2.61. The maximum Gasteiger partial charge on any atom is 0.307 e. The van der Waals surface area contributed by atoms with Crippen LogP contribution in [0.4, 0.5) is 0 Å². The Bertz CT molecular complexity index is 419. The third-order valence-electron chi connectivity index (χ3n) is 2.37. The van der Waals surface area contributed by atoms with E-state index in [-0.39, 0.29) is 18.9 Å². The number of hydrogen-bond donors (Lipinski definition) is 2. The number of hydrogen-bond acceptors (Lipinski definition) is 4. The summed E-state index contributed by atoms with van der Waals surface area (Å²) in [6, 6.07) is 6.43. The maximum atomic E-state index is 11.3. The molecule has 0 aromatic heterocycles. The molecule has 98 valence electrons. The largest absolute Gasteiger partial charge is 0.469 e. The van der Waals surface area contributed by atoms with Crippen molar-refractivity contribution < 1.29 is 14.3 Å². The summed E-state index contributed by atoms with van der Waals surface area (Å²) in [5.74, 6) is -0.763. The van der Waals surface area contributed by atoms with Gasteiger partial charge in [0.1, 0.15) is 0 Å². The number of nitrogens with two attached hydrogens (primary N) is 1. The molecule has 0 unspecified atom stereocenters. The number of nitrogens with one attached hydrogen (secondary N) is 1. The molecule has 0 aliphatic rings. The van der Waals surface area contributed by atoms with Crippen LogP contribution in [-0.2, 0) is 14.3 Å². The van der Waals surface area contributed by atoms with E-state index < -0.39 is 12.0 Å². The minimum Gasteiger partial charge on any atom is -0.469 e. The third kappa shape index (κ3) is 4.35. The molecule has 0 heterocycles.